The topological polar surface area (TPSA) is 0 Å². The minimum Gasteiger partial charge on any atom is -0.147 e. The van der Waals surface area contributed by atoms with Crippen LogP contribution in [0.5, 0.6) is 0 Å². The Bertz CT molecular complexity index is 2010. The van der Waals surface area contributed by atoms with Crippen molar-refractivity contribution in [3.05, 3.63) is 129 Å². The van der Waals surface area contributed by atoms with Gasteiger partial charge in [-0.05, 0) is 0 Å². The maximum absolute atomic E-state index is 3.36. The summed E-state index contributed by atoms with van der Waals surface area (Å²) in [7, 11) is 0. The molecule has 0 radical (unpaired) electrons. The Hall–Kier alpha value is -2.19. The normalized spacial score (nSPS) is 26.8. The van der Waals surface area contributed by atoms with Gasteiger partial charge in [0, 0.05) is 0 Å². The zero-order valence-electron chi connectivity index (χ0n) is 35.5. The third-order valence-electron chi connectivity index (χ3n) is 15.9. The van der Waals surface area contributed by atoms with Crippen molar-refractivity contribution in [1.82, 2.24) is 0 Å². The Labute approximate surface area is 362 Å². The van der Waals surface area contributed by atoms with E-state index in [2.05, 4.69) is 139 Å². The fourth-order valence-electron chi connectivity index (χ4n) is 13.2. The van der Waals surface area contributed by atoms with Gasteiger partial charge in [-0.1, -0.05) is 0 Å². The van der Waals surface area contributed by atoms with Crippen LogP contribution in [0.25, 0.3) is 34.4 Å². The third-order valence-corrected chi connectivity index (χ3v) is 40.5. The van der Waals surface area contributed by atoms with Crippen LogP contribution >= 0.6 is 24.8 Å². The summed E-state index contributed by atoms with van der Waals surface area (Å²) in [6.07, 6.45) is 23.0. The molecule has 4 fully saturated rings. The summed E-state index contributed by atoms with van der Waals surface area (Å²) in [5, 5.41) is 0. The minimum atomic E-state index is -3.36. The van der Waals surface area contributed by atoms with E-state index < -0.39 is 20.0 Å². The van der Waals surface area contributed by atoms with Gasteiger partial charge >= 0.3 is 340 Å². The zero-order valence-corrected chi connectivity index (χ0v) is 40.7. The van der Waals surface area contributed by atoms with Gasteiger partial charge in [-0.2, -0.15) is 0 Å². The molecule has 1 heterocycles. The molecule has 57 heavy (non-hydrogen) atoms. The van der Waals surface area contributed by atoms with Gasteiger partial charge in [0.05, 0.1) is 0 Å². The number of rotatable bonds is 6. The number of hydrogen-bond acceptors (Lipinski definition) is 0. The summed E-state index contributed by atoms with van der Waals surface area (Å²) in [4.78, 5) is 0. The van der Waals surface area contributed by atoms with Crippen LogP contribution < -0.4 is 0 Å². The molecule has 0 N–H and O–H groups in total. The molecule has 4 atom stereocenters. The van der Waals surface area contributed by atoms with Crippen LogP contribution in [0.1, 0.15) is 159 Å². The standard InChI is InChI=1S/2C24H27.C6H10.2ClH.Hf/c2*1-24(2,3)21-13-11-18(12-14-21)22-10-6-9-19-15-20(16-23(19)22)17-7-4-5-8-17;1-2-4-6-5-3-1;;;/h2*6,9-17H,4-5,7-8H2,1-3H3;1-2H,3-6H2;2*1H;. The number of hydrogen-bond donors (Lipinski definition) is 0. The van der Waals surface area contributed by atoms with Gasteiger partial charge in [-0.3, -0.25) is 0 Å². The number of halogens is 2. The molecule has 3 heteroatoms. The second-order valence-corrected chi connectivity index (χ2v) is 37.5. The molecule has 4 unspecified atom stereocenters. The van der Waals surface area contributed by atoms with Crippen LogP contribution in [0.15, 0.2) is 96.1 Å². The number of allylic oxidation sites excluding steroid dienone is 2. The molecule has 1 aliphatic heterocycles. The van der Waals surface area contributed by atoms with Crippen molar-refractivity contribution in [3.63, 3.8) is 0 Å². The maximum Gasteiger partial charge on any atom is -0.147 e. The molecular formula is C54H66Cl2Hf. The van der Waals surface area contributed by atoms with E-state index in [0.717, 1.165) is 26.5 Å². The van der Waals surface area contributed by atoms with E-state index in [0.29, 0.717) is 0 Å². The Balaban J connectivity index is 0.00000228. The van der Waals surface area contributed by atoms with E-state index in [1.165, 1.54) is 110 Å². The minimum absolute atomic E-state index is 0. The number of fused-ring (bicyclic) bond motifs is 3. The molecule has 0 spiro atoms. The molecule has 300 valence electrons. The molecule has 5 aliphatic carbocycles. The van der Waals surface area contributed by atoms with Gasteiger partial charge < -0.3 is 0 Å². The van der Waals surface area contributed by atoms with E-state index in [-0.39, 0.29) is 35.6 Å². The van der Waals surface area contributed by atoms with E-state index >= 15 is 0 Å². The molecule has 4 aromatic rings. The van der Waals surface area contributed by atoms with E-state index in [1.807, 2.05) is 11.1 Å². The van der Waals surface area contributed by atoms with E-state index in [1.54, 1.807) is 22.3 Å². The summed E-state index contributed by atoms with van der Waals surface area (Å²) < 4.78 is 3.55. The van der Waals surface area contributed by atoms with Crippen LogP contribution in [-0.4, -0.2) is 0 Å². The van der Waals surface area contributed by atoms with Crippen LogP contribution in [0.3, 0.4) is 0 Å². The molecule has 1 saturated heterocycles. The predicted molar refractivity (Wildman–Crippen MR) is 247 cm³/mol. The second kappa shape index (κ2) is 15.7. The molecule has 4 aromatic carbocycles. The molecular weight excluding hydrogens is 898 g/mol. The first kappa shape index (κ1) is 41.5. The van der Waals surface area contributed by atoms with Crippen molar-refractivity contribution in [2.45, 2.75) is 144 Å². The van der Waals surface area contributed by atoms with E-state index in [9.17, 15) is 0 Å². The summed E-state index contributed by atoms with van der Waals surface area (Å²) >= 11 is -3.36. The van der Waals surface area contributed by atoms with Gasteiger partial charge in [0.15, 0.2) is 0 Å². The summed E-state index contributed by atoms with van der Waals surface area (Å²) in [6, 6.07) is 34.5. The molecule has 10 rings (SSSR count). The van der Waals surface area contributed by atoms with Crippen molar-refractivity contribution in [3.8, 4) is 22.3 Å². The van der Waals surface area contributed by atoms with Crippen molar-refractivity contribution in [2.24, 2.45) is 11.8 Å². The fourth-order valence-corrected chi connectivity index (χ4v) is 48.8. The summed E-state index contributed by atoms with van der Waals surface area (Å²) in [5.41, 5.74) is 19.6. The maximum atomic E-state index is 2.84. The molecule has 3 saturated carbocycles. The quantitative estimate of drug-likeness (QED) is 0.169. The van der Waals surface area contributed by atoms with Gasteiger partial charge in [-0.25, -0.2) is 0 Å². The van der Waals surface area contributed by atoms with Crippen molar-refractivity contribution < 1.29 is 20.0 Å². The SMILES string of the molecule is CC(C)(C)c1ccc(-c2cccc3c2C=C(C2CCCC2)[CH]3[Hf]2([CH]3C(C4CCCC4)=Cc4c(-c5ccc(C(C)(C)C)cc5)cccc43)[CH]3CCCC[CH]32)cc1.Cl.Cl. The summed E-state index contributed by atoms with van der Waals surface area (Å²) in [6.45, 7) is 14.0. The van der Waals surface area contributed by atoms with Crippen molar-refractivity contribution in [1.29, 1.82) is 0 Å². The third kappa shape index (κ3) is 6.89. The molecule has 0 amide bonds. The Kier molecular flexibility index (Phi) is 11.4. The monoisotopic (exact) mass is 964 g/mol. The Morgan fingerprint density at radius 1 is 0.439 bits per heavy atom. The first-order valence-corrected chi connectivity index (χ1v) is 30.8. The average Bonchev–Trinajstić information content (AvgIpc) is 3.85. The van der Waals surface area contributed by atoms with Gasteiger partial charge in [0.1, 0.15) is 0 Å². The Morgan fingerprint density at radius 2 is 0.789 bits per heavy atom. The first-order chi connectivity index (χ1) is 26.5. The average molecular weight is 965 g/mol. The van der Waals surface area contributed by atoms with Crippen molar-refractivity contribution >= 4 is 37.0 Å². The zero-order chi connectivity index (χ0) is 37.7. The molecule has 0 nitrogen and oxygen atoms in total. The molecule has 0 bridgehead atoms. The van der Waals surface area contributed by atoms with Crippen LogP contribution in [0, 0.1) is 11.8 Å². The fraction of sp³-hybridized carbons (Fsp3) is 0.481. The largest absolute Gasteiger partial charge is 0.147 e. The van der Waals surface area contributed by atoms with Crippen LogP contribution in [0.2, 0.25) is 7.35 Å². The number of benzene rings is 4. The second-order valence-electron chi connectivity index (χ2n) is 20.9. The van der Waals surface area contributed by atoms with Gasteiger partial charge in [0.25, 0.3) is 0 Å². The Morgan fingerprint density at radius 3 is 1.14 bits per heavy atom. The summed E-state index contributed by atoms with van der Waals surface area (Å²) in [5.74, 6) is 1.56. The van der Waals surface area contributed by atoms with E-state index in [4.69, 9.17) is 0 Å². The molecule has 6 aliphatic rings. The molecule has 0 aromatic heterocycles. The first-order valence-electron chi connectivity index (χ1n) is 22.5. The predicted octanol–water partition coefficient (Wildman–Crippen LogP) is 16.7. The van der Waals surface area contributed by atoms with Gasteiger partial charge in [0.2, 0.25) is 0 Å². The van der Waals surface area contributed by atoms with Crippen LogP contribution in [-0.2, 0) is 30.8 Å². The van der Waals surface area contributed by atoms with Gasteiger partial charge in [-0.15, -0.1) is 24.8 Å². The smallest absolute Gasteiger partial charge is 0.147 e. The van der Waals surface area contributed by atoms with Crippen LogP contribution in [0.4, 0.5) is 0 Å². The van der Waals surface area contributed by atoms with Crippen molar-refractivity contribution in [2.75, 3.05) is 0 Å².